The lowest BCUT2D eigenvalue weighted by molar-refractivity contribution is 0.212. The summed E-state index contributed by atoms with van der Waals surface area (Å²) in [6.45, 7) is 4.13. The van der Waals surface area contributed by atoms with Crippen LogP contribution in [0.1, 0.15) is 39.5 Å². The zero-order valence-electron chi connectivity index (χ0n) is 12.1. The van der Waals surface area contributed by atoms with Crippen molar-refractivity contribution in [1.29, 1.82) is 0 Å². The molecule has 1 aliphatic carbocycles. The summed E-state index contributed by atoms with van der Waals surface area (Å²) < 4.78 is 54.1. The molecule has 1 aliphatic rings. The van der Waals surface area contributed by atoms with Crippen LogP contribution in [0.15, 0.2) is 17.0 Å². The van der Waals surface area contributed by atoms with Gasteiger partial charge in [0, 0.05) is 11.7 Å². The molecule has 1 fully saturated rings. The predicted octanol–water partition coefficient (Wildman–Crippen LogP) is 2.79. The maximum Gasteiger partial charge on any atom is 0.243 e. The fourth-order valence-corrected chi connectivity index (χ4v) is 4.25. The van der Waals surface area contributed by atoms with Gasteiger partial charge in [-0.1, -0.05) is 20.3 Å². The predicted molar refractivity (Wildman–Crippen MR) is 77.1 cm³/mol. The molecule has 3 N–H and O–H groups in total. The van der Waals surface area contributed by atoms with E-state index < -0.39 is 26.6 Å². The van der Waals surface area contributed by atoms with Gasteiger partial charge in [0.1, 0.15) is 4.90 Å². The van der Waals surface area contributed by atoms with Crippen molar-refractivity contribution in [2.45, 2.75) is 50.5 Å². The van der Waals surface area contributed by atoms with Gasteiger partial charge in [-0.25, -0.2) is 21.9 Å². The fraction of sp³-hybridized carbons (Fsp3) is 0.571. The first-order valence-corrected chi connectivity index (χ1v) is 8.36. The van der Waals surface area contributed by atoms with Crippen LogP contribution < -0.4 is 10.5 Å². The lowest BCUT2D eigenvalue weighted by Crippen LogP contribution is -2.40. The molecule has 1 unspecified atom stereocenters. The fourth-order valence-electron chi connectivity index (χ4n) is 2.86. The van der Waals surface area contributed by atoms with Crippen molar-refractivity contribution in [1.82, 2.24) is 4.72 Å². The summed E-state index contributed by atoms with van der Waals surface area (Å²) in [5.41, 5.74) is 5.31. The highest BCUT2D eigenvalue weighted by Gasteiger charge is 2.32. The Labute approximate surface area is 123 Å². The number of sulfonamides is 1. The second-order valence-electron chi connectivity index (χ2n) is 6.39. The first-order valence-electron chi connectivity index (χ1n) is 6.88. The monoisotopic (exact) mass is 318 g/mol. The molecule has 0 amide bonds. The molecular formula is C14H20F2N2O2S. The lowest BCUT2D eigenvalue weighted by atomic mass is 9.75. The number of nitrogens with two attached hydrogens (primary N) is 1. The Morgan fingerprint density at radius 3 is 2.62 bits per heavy atom. The second-order valence-corrected chi connectivity index (χ2v) is 8.08. The van der Waals surface area contributed by atoms with Crippen molar-refractivity contribution in [2.24, 2.45) is 5.41 Å². The van der Waals surface area contributed by atoms with E-state index in [1.165, 1.54) is 0 Å². The number of anilines is 1. The van der Waals surface area contributed by atoms with Crippen LogP contribution in [0.4, 0.5) is 14.5 Å². The normalized spacial score (nSPS) is 22.2. The number of rotatable bonds is 3. The van der Waals surface area contributed by atoms with Crippen molar-refractivity contribution >= 4 is 15.7 Å². The standard InChI is InChI=1S/C14H20F2N2O2S/c1-14(2)5-3-4-10(8-14)18-21(19,20)12-7-9(17)6-11(15)13(12)16/h6-7,10,18H,3-5,8,17H2,1-2H3. The van der Waals surface area contributed by atoms with Crippen molar-refractivity contribution < 1.29 is 17.2 Å². The summed E-state index contributed by atoms with van der Waals surface area (Å²) >= 11 is 0. The zero-order chi connectivity index (χ0) is 15.8. The highest BCUT2D eigenvalue weighted by molar-refractivity contribution is 7.89. The molecule has 0 spiro atoms. The Hall–Kier alpha value is -1.21. The van der Waals surface area contributed by atoms with Gasteiger partial charge in [0.2, 0.25) is 10.0 Å². The maximum atomic E-state index is 13.7. The molecule has 0 aromatic heterocycles. The number of nitrogens with one attached hydrogen (secondary N) is 1. The van der Waals surface area contributed by atoms with Crippen LogP contribution >= 0.6 is 0 Å². The van der Waals surface area contributed by atoms with Crippen molar-refractivity contribution in [3.05, 3.63) is 23.8 Å². The molecule has 4 nitrogen and oxygen atoms in total. The summed E-state index contributed by atoms with van der Waals surface area (Å²) in [4.78, 5) is -0.733. The van der Waals surface area contributed by atoms with E-state index in [1.54, 1.807) is 0 Å². The molecule has 0 bridgehead atoms. The van der Waals surface area contributed by atoms with Gasteiger partial charge >= 0.3 is 0 Å². The van der Waals surface area contributed by atoms with E-state index in [-0.39, 0.29) is 17.1 Å². The van der Waals surface area contributed by atoms with Gasteiger partial charge in [-0.3, -0.25) is 0 Å². The summed E-state index contributed by atoms with van der Waals surface area (Å²) in [6, 6.07) is 1.43. The van der Waals surface area contributed by atoms with E-state index in [0.717, 1.165) is 25.0 Å². The van der Waals surface area contributed by atoms with Crippen molar-refractivity contribution in [2.75, 3.05) is 5.73 Å². The molecule has 1 atom stereocenters. The average molecular weight is 318 g/mol. The Bertz CT molecular complexity index is 645. The van der Waals surface area contributed by atoms with Gasteiger partial charge in [-0.15, -0.1) is 0 Å². The summed E-state index contributed by atoms with van der Waals surface area (Å²) in [6.07, 6.45) is 3.27. The molecule has 0 aliphatic heterocycles. The van der Waals surface area contributed by atoms with Crippen LogP contribution in [0.3, 0.4) is 0 Å². The largest absolute Gasteiger partial charge is 0.399 e. The topological polar surface area (TPSA) is 72.2 Å². The van der Waals surface area contributed by atoms with Crippen LogP contribution in [-0.4, -0.2) is 14.5 Å². The quantitative estimate of drug-likeness (QED) is 0.842. The van der Waals surface area contributed by atoms with Gasteiger partial charge in [0.25, 0.3) is 0 Å². The first kappa shape index (κ1) is 16.2. The molecule has 7 heteroatoms. The zero-order valence-corrected chi connectivity index (χ0v) is 12.9. The third-order valence-electron chi connectivity index (χ3n) is 3.83. The first-order chi connectivity index (χ1) is 9.61. The lowest BCUT2D eigenvalue weighted by Gasteiger charge is -2.35. The molecular weight excluding hydrogens is 298 g/mol. The molecule has 1 aromatic carbocycles. The van der Waals surface area contributed by atoms with Crippen LogP contribution in [0.2, 0.25) is 0 Å². The molecule has 21 heavy (non-hydrogen) atoms. The Balaban J connectivity index is 2.27. The van der Waals surface area contributed by atoms with E-state index in [1.807, 2.05) is 0 Å². The number of benzene rings is 1. The molecule has 118 valence electrons. The van der Waals surface area contributed by atoms with E-state index >= 15 is 0 Å². The SMILES string of the molecule is CC1(C)CCCC(NS(=O)(=O)c2cc(N)cc(F)c2F)C1. The van der Waals surface area contributed by atoms with Crippen molar-refractivity contribution in [3.63, 3.8) is 0 Å². The van der Waals surface area contributed by atoms with Gasteiger partial charge in [0.05, 0.1) is 0 Å². The van der Waals surface area contributed by atoms with Crippen LogP contribution in [0.5, 0.6) is 0 Å². The highest BCUT2D eigenvalue weighted by Crippen LogP contribution is 2.35. The van der Waals surface area contributed by atoms with Crippen LogP contribution in [-0.2, 0) is 10.0 Å². The number of halogens is 2. The molecule has 2 rings (SSSR count). The van der Waals surface area contributed by atoms with E-state index in [4.69, 9.17) is 5.73 Å². The van der Waals surface area contributed by atoms with Gasteiger partial charge in [-0.2, -0.15) is 0 Å². The van der Waals surface area contributed by atoms with Crippen LogP contribution in [0, 0.1) is 17.0 Å². The van der Waals surface area contributed by atoms with Gasteiger partial charge < -0.3 is 5.73 Å². The van der Waals surface area contributed by atoms with Gasteiger partial charge in [0.15, 0.2) is 11.6 Å². The van der Waals surface area contributed by atoms with E-state index in [9.17, 15) is 17.2 Å². The minimum absolute atomic E-state index is 0.0327. The number of hydrogen-bond donors (Lipinski definition) is 2. The molecule has 1 saturated carbocycles. The van der Waals surface area contributed by atoms with E-state index in [2.05, 4.69) is 18.6 Å². The smallest absolute Gasteiger partial charge is 0.243 e. The number of nitrogen functional groups attached to an aromatic ring is 1. The third kappa shape index (κ3) is 3.71. The Morgan fingerprint density at radius 2 is 2.00 bits per heavy atom. The number of hydrogen-bond acceptors (Lipinski definition) is 3. The van der Waals surface area contributed by atoms with Gasteiger partial charge in [-0.05, 0) is 36.8 Å². The maximum absolute atomic E-state index is 13.7. The van der Waals surface area contributed by atoms with Crippen LogP contribution in [0.25, 0.3) is 0 Å². The Morgan fingerprint density at radius 1 is 1.33 bits per heavy atom. The average Bonchev–Trinajstić information content (AvgIpc) is 2.31. The minimum atomic E-state index is -4.13. The third-order valence-corrected chi connectivity index (χ3v) is 5.35. The van der Waals surface area contributed by atoms with Crippen molar-refractivity contribution in [3.8, 4) is 0 Å². The second kappa shape index (κ2) is 5.53. The summed E-state index contributed by atoms with van der Waals surface area (Å²) in [5.74, 6) is -2.66. The molecule has 0 heterocycles. The summed E-state index contributed by atoms with van der Waals surface area (Å²) in [7, 11) is -4.13. The highest BCUT2D eigenvalue weighted by atomic mass is 32.2. The molecule has 1 aromatic rings. The molecule has 0 radical (unpaired) electrons. The molecule has 0 saturated heterocycles. The summed E-state index contributed by atoms with van der Waals surface area (Å²) in [5, 5.41) is 0. The van der Waals surface area contributed by atoms with E-state index in [0.29, 0.717) is 12.8 Å². The Kier molecular flexibility index (Phi) is 4.26. The minimum Gasteiger partial charge on any atom is -0.399 e.